The molecule has 0 unspecified atom stereocenters. The number of carbonyl (C=O) groups excluding carboxylic acids is 1. The molecule has 4 heteroatoms. The predicted octanol–water partition coefficient (Wildman–Crippen LogP) is 4.23. The highest BCUT2D eigenvalue weighted by molar-refractivity contribution is 6.34. The summed E-state index contributed by atoms with van der Waals surface area (Å²) in [7, 11) is 0. The zero-order valence-electron chi connectivity index (χ0n) is 11.4. The van der Waals surface area contributed by atoms with Crippen molar-refractivity contribution in [3.63, 3.8) is 0 Å². The van der Waals surface area contributed by atoms with Gasteiger partial charge in [-0.25, -0.2) is 4.39 Å². The lowest BCUT2D eigenvalue weighted by Crippen LogP contribution is -2.03. The Morgan fingerprint density at radius 2 is 2.14 bits per heavy atom. The maximum atomic E-state index is 13.4. The van der Waals surface area contributed by atoms with E-state index in [2.05, 4.69) is 6.07 Å². The van der Waals surface area contributed by atoms with E-state index in [1.165, 1.54) is 17.7 Å². The van der Waals surface area contributed by atoms with Crippen LogP contribution in [0.2, 0.25) is 5.02 Å². The number of ether oxygens (including phenoxy) is 1. The molecule has 0 saturated heterocycles. The molecule has 1 heterocycles. The van der Waals surface area contributed by atoms with Crippen LogP contribution in [-0.2, 0) is 12.8 Å². The number of benzene rings is 2. The quantitative estimate of drug-likeness (QED) is 0.790. The van der Waals surface area contributed by atoms with Crippen molar-refractivity contribution in [3.8, 4) is 5.75 Å². The van der Waals surface area contributed by atoms with Gasteiger partial charge in [-0.05, 0) is 35.7 Å². The van der Waals surface area contributed by atoms with E-state index in [1.807, 2.05) is 12.1 Å². The molecule has 1 aliphatic rings. The van der Waals surface area contributed by atoms with Crippen molar-refractivity contribution in [1.29, 1.82) is 0 Å². The molecule has 0 amide bonds. The Hall–Kier alpha value is -1.87. The van der Waals surface area contributed by atoms with Crippen molar-refractivity contribution >= 4 is 17.4 Å². The number of ketones is 1. The van der Waals surface area contributed by atoms with Gasteiger partial charge in [0.05, 0.1) is 11.6 Å². The van der Waals surface area contributed by atoms with Gasteiger partial charge in [-0.2, -0.15) is 0 Å². The summed E-state index contributed by atoms with van der Waals surface area (Å²) in [5.74, 6) is 0.228. The van der Waals surface area contributed by atoms with Crippen LogP contribution >= 0.6 is 11.6 Å². The third kappa shape index (κ3) is 2.93. The smallest absolute Gasteiger partial charge is 0.164 e. The summed E-state index contributed by atoms with van der Waals surface area (Å²) in [6, 6.07) is 10.3. The molecule has 2 aromatic carbocycles. The van der Waals surface area contributed by atoms with Crippen LogP contribution in [-0.4, -0.2) is 12.4 Å². The highest BCUT2D eigenvalue weighted by atomic mass is 35.5. The topological polar surface area (TPSA) is 26.3 Å². The molecule has 21 heavy (non-hydrogen) atoms. The average Bonchev–Trinajstić information content (AvgIpc) is 2.95. The number of rotatable bonds is 4. The molecule has 0 radical (unpaired) electrons. The Balaban J connectivity index is 1.70. The van der Waals surface area contributed by atoms with Gasteiger partial charge < -0.3 is 4.74 Å². The van der Waals surface area contributed by atoms with Gasteiger partial charge in [-0.15, -0.1) is 0 Å². The van der Waals surface area contributed by atoms with Gasteiger partial charge in [-0.1, -0.05) is 29.8 Å². The SMILES string of the molecule is O=C(CCc1ccc2c(c1)CCO2)c1cccc(F)c1Cl. The molecule has 108 valence electrons. The van der Waals surface area contributed by atoms with Gasteiger partial charge in [0.25, 0.3) is 0 Å². The van der Waals surface area contributed by atoms with Gasteiger partial charge in [0.15, 0.2) is 5.78 Å². The van der Waals surface area contributed by atoms with E-state index in [4.69, 9.17) is 16.3 Å². The van der Waals surface area contributed by atoms with Crippen LogP contribution in [0, 0.1) is 5.82 Å². The first-order chi connectivity index (χ1) is 10.1. The number of hydrogen-bond donors (Lipinski definition) is 0. The molecule has 0 saturated carbocycles. The lowest BCUT2D eigenvalue weighted by Gasteiger charge is -2.06. The van der Waals surface area contributed by atoms with Crippen LogP contribution in [0.4, 0.5) is 4.39 Å². The van der Waals surface area contributed by atoms with Gasteiger partial charge in [0, 0.05) is 18.4 Å². The Kier molecular flexibility index (Phi) is 3.93. The fraction of sp³-hybridized carbons (Fsp3) is 0.235. The van der Waals surface area contributed by atoms with Crippen LogP contribution in [0.15, 0.2) is 36.4 Å². The Morgan fingerprint density at radius 3 is 3.00 bits per heavy atom. The van der Waals surface area contributed by atoms with E-state index in [0.717, 1.165) is 24.3 Å². The largest absolute Gasteiger partial charge is 0.493 e. The maximum Gasteiger partial charge on any atom is 0.164 e. The fourth-order valence-corrected chi connectivity index (χ4v) is 2.74. The summed E-state index contributed by atoms with van der Waals surface area (Å²) in [4.78, 5) is 12.1. The molecular formula is C17H14ClFO2. The van der Waals surface area contributed by atoms with E-state index in [-0.39, 0.29) is 16.4 Å². The first-order valence-electron chi connectivity index (χ1n) is 6.87. The summed E-state index contributed by atoms with van der Waals surface area (Å²) >= 11 is 5.83. The predicted molar refractivity (Wildman–Crippen MR) is 79.7 cm³/mol. The van der Waals surface area contributed by atoms with E-state index in [0.29, 0.717) is 12.8 Å². The normalized spacial score (nSPS) is 12.9. The van der Waals surface area contributed by atoms with E-state index in [1.54, 1.807) is 6.07 Å². The average molecular weight is 305 g/mol. The molecule has 2 nitrogen and oxygen atoms in total. The monoisotopic (exact) mass is 304 g/mol. The summed E-state index contributed by atoms with van der Waals surface area (Å²) in [5, 5.41) is -0.0927. The Bertz CT molecular complexity index is 697. The molecule has 0 N–H and O–H groups in total. The highest BCUT2D eigenvalue weighted by Crippen LogP contribution is 2.27. The summed E-state index contributed by atoms with van der Waals surface area (Å²) in [5.41, 5.74) is 2.52. The van der Waals surface area contributed by atoms with Crippen LogP contribution in [0.25, 0.3) is 0 Å². The van der Waals surface area contributed by atoms with Crippen molar-refractivity contribution in [3.05, 3.63) is 63.9 Å². The van der Waals surface area contributed by atoms with Crippen LogP contribution in [0.3, 0.4) is 0 Å². The van der Waals surface area contributed by atoms with E-state index < -0.39 is 5.82 Å². The van der Waals surface area contributed by atoms with Gasteiger partial charge >= 0.3 is 0 Å². The van der Waals surface area contributed by atoms with Gasteiger partial charge in [0.2, 0.25) is 0 Å². The first-order valence-corrected chi connectivity index (χ1v) is 7.25. The number of halogens is 2. The third-order valence-electron chi connectivity index (χ3n) is 3.65. The molecule has 0 aliphatic carbocycles. The minimum atomic E-state index is -0.558. The number of hydrogen-bond acceptors (Lipinski definition) is 2. The summed E-state index contributed by atoms with van der Waals surface area (Å²) < 4.78 is 18.8. The second-order valence-electron chi connectivity index (χ2n) is 5.07. The number of fused-ring (bicyclic) bond motifs is 1. The van der Waals surface area contributed by atoms with Crippen LogP contribution in [0.1, 0.15) is 27.9 Å². The van der Waals surface area contributed by atoms with Crippen LogP contribution in [0.5, 0.6) is 5.75 Å². The molecular weight excluding hydrogens is 291 g/mol. The highest BCUT2D eigenvalue weighted by Gasteiger charge is 2.15. The second-order valence-corrected chi connectivity index (χ2v) is 5.44. The third-order valence-corrected chi connectivity index (χ3v) is 4.03. The lowest BCUT2D eigenvalue weighted by molar-refractivity contribution is 0.0982. The minimum absolute atomic E-state index is 0.0927. The Labute approximate surface area is 127 Å². The van der Waals surface area contributed by atoms with Gasteiger partial charge in [0.1, 0.15) is 11.6 Å². The second kappa shape index (κ2) is 5.86. The number of Topliss-reactive ketones (excluding diaryl/α,β-unsaturated/α-hetero) is 1. The number of carbonyl (C=O) groups is 1. The fourth-order valence-electron chi connectivity index (χ4n) is 2.51. The standard InChI is InChI=1S/C17H14ClFO2/c18-17-13(2-1-3-14(17)19)15(20)6-4-11-5-7-16-12(10-11)8-9-21-16/h1-3,5,7,10H,4,6,8-9H2. The maximum absolute atomic E-state index is 13.4. The molecule has 0 atom stereocenters. The lowest BCUT2D eigenvalue weighted by atomic mass is 10.0. The van der Waals surface area contributed by atoms with E-state index in [9.17, 15) is 9.18 Å². The van der Waals surface area contributed by atoms with Crippen LogP contribution < -0.4 is 4.74 Å². The molecule has 3 rings (SSSR count). The molecule has 0 aromatic heterocycles. The minimum Gasteiger partial charge on any atom is -0.493 e. The summed E-state index contributed by atoms with van der Waals surface area (Å²) in [6.07, 6.45) is 1.83. The Morgan fingerprint density at radius 1 is 1.29 bits per heavy atom. The molecule has 0 bridgehead atoms. The van der Waals surface area contributed by atoms with Crippen molar-refractivity contribution in [2.45, 2.75) is 19.3 Å². The summed E-state index contributed by atoms with van der Waals surface area (Å²) in [6.45, 7) is 0.719. The van der Waals surface area contributed by atoms with Crippen molar-refractivity contribution < 1.29 is 13.9 Å². The van der Waals surface area contributed by atoms with Crippen molar-refractivity contribution in [2.24, 2.45) is 0 Å². The van der Waals surface area contributed by atoms with E-state index >= 15 is 0 Å². The molecule has 0 spiro atoms. The zero-order chi connectivity index (χ0) is 14.8. The zero-order valence-corrected chi connectivity index (χ0v) is 12.1. The first kappa shape index (κ1) is 14.1. The number of aryl methyl sites for hydroxylation is 1. The molecule has 2 aromatic rings. The molecule has 0 fully saturated rings. The van der Waals surface area contributed by atoms with Gasteiger partial charge in [-0.3, -0.25) is 4.79 Å². The van der Waals surface area contributed by atoms with Crippen molar-refractivity contribution in [1.82, 2.24) is 0 Å². The van der Waals surface area contributed by atoms with Crippen molar-refractivity contribution in [2.75, 3.05) is 6.61 Å². The molecule has 1 aliphatic heterocycles.